The Bertz CT molecular complexity index is 951. The van der Waals surface area contributed by atoms with Crippen LogP contribution in [0.4, 0.5) is 10.1 Å². The van der Waals surface area contributed by atoms with Gasteiger partial charge < -0.3 is 8.94 Å². The van der Waals surface area contributed by atoms with Gasteiger partial charge in [0.2, 0.25) is 5.76 Å². The van der Waals surface area contributed by atoms with Crippen LogP contribution in [0.15, 0.2) is 54.8 Å². The number of sulfonamides is 1. The summed E-state index contributed by atoms with van der Waals surface area (Å²) in [6.45, 7) is 1.49. The summed E-state index contributed by atoms with van der Waals surface area (Å²) in [5.74, 6) is -0.0259. The topological polar surface area (TPSA) is 85.3 Å². The lowest BCUT2D eigenvalue weighted by Crippen LogP contribution is -2.14. The number of benzene rings is 1. The molecular weight excluding hydrogens is 391 g/mol. The van der Waals surface area contributed by atoms with E-state index in [0.717, 1.165) is 0 Å². The fourth-order valence-corrected chi connectivity index (χ4v) is 3.55. The second-order valence-corrected chi connectivity index (χ2v) is 7.20. The zero-order valence-corrected chi connectivity index (χ0v) is 14.1. The number of halogens is 2. The molecule has 1 aromatic carbocycles. The van der Waals surface area contributed by atoms with Crippen molar-refractivity contribution in [3.8, 4) is 11.5 Å². The molecule has 3 rings (SSSR count). The van der Waals surface area contributed by atoms with E-state index in [1.54, 1.807) is 0 Å². The molecule has 2 aromatic heterocycles. The standard InChI is InChI=1S/C14H10BrFN2O4S/c1-8-14(7-13(21-8)12-4-5-17-22-12)23(19,20)18-11-3-2-9(15)6-10(11)16/h2-7,18H,1H3. The monoisotopic (exact) mass is 400 g/mol. The lowest BCUT2D eigenvalue weighted by atomic mass is 10.3. The number of hydrogen-bond acceptors (Lipinski definition) is 5. The first-order valence-electron chi connectivity index (χ1n) is 6.36. The predicted molar refractivity (Wildman–Crippen MR) is 83.9 cm³/mol. The summed E-state index contributed by atoms with van der Waals surface area (Å²) in [6, 6.07) is 6.86. The number of aromatic nitrogens is 1. The summed E-state index contributed by atoms with van der Waals surface area (Å²) in [6.07, 6.45) is 1.41. The largest absolute Gasteiger partial charge is 0.456 e. The van der Waals surface area contributed by atoms with Crippen LogP contribution < -0.4 is 4.72 Å². The summed E-state index contributed by atoms with van der Waals surface area (Å²) in [4.78, 5) is -0.105. The van der Waals surface area contributed by atoms with Gasteiger partial charge in [-0.2, -0.15) is 0 Å². The number of rotatable bonds is 4. The molecule has 0 fully saturated rings. The summed E-state index contributed by atoms with van der Waals surface area (Å²) in [5, 5.41) is 3.53. The van der Waals surface area contributed by atoms with Crippen molar-refractivity contribution < 1.29 is 21.7 Å². The number of aryl methyl sites for hydroxylation is 1. The number of nitrogens with zero attached hydrogens (tertiary/aromatic N) is 1. The molecule has 0 aliphatic rings. The summed E-state index contributed by atoms with van der Waals surface area (Å²) in [7, 11) is -4.01. The van der Waals surface area contributed by atoms with E-state index < -0.39 is 15.8 Å². The van der Waals surface area contributed by atoms with Crippen LogP contribution >= 0.6 is 15.9 Å². The zero-order chi connectivity index (χ0) is 16.6. The quantitative estimate of drug-likeness (QED) is 0.716. The van der Waals surface area contributed by atoms with Crippen LogP contribution in [-0.2, 0) is 10.0 Å². The van der Waals surface area contributed by atoms with E-state index in [2.05, 4.69) is 25.8 Å². The molecule has 2 heterocycles. The number of anilines is 1. The molecule has 1 N–H and O–H groups in total. The molecule has 0 unspecified atom stereocenters. The maximum Gasteiger partial charge on any atom is 0.265 e. The van der Waals surface area contributed by atoms with E-state index in [0.29, 0.717) is 10.2 Å². The SMILES string of the molecule is Cc1oc(-c2ccno2)cc1S(=O)(=O)Nc1ccc(Br)cc1F. The van der Waals surface area contributed by atoms with Gasteiger partial charge in [0.15, 0.2) is 5.76 Å². The minimum atomic E-state index is -4.01. The molecule has 0 amide bonds. The molecule has 0 radical (unpaired) electrons. The average Bonchev–Trinajstić information content (AvgIpc) is 3.11. The second kappa shape index (κ2) is 5.82. The Kier molecular flexibility index (Phi) is 3.99. The molecule has 0 aliphatic carbocycles. The normalized spacial score (nSPS) is 11.6. The van der Waals surface area contributed by atoms with Gasteiger partial charge in [0.25, 0.3) is 10.0 Å². The first kappa shape index (κ1) is 15.8. The third-order valence-electron chi connectivity index (χ3n) is 3.02. The minimum Gasteiger partial charge on any atom is -0.456 e. The Morgan fingerprint density at radius 1 is 1.22 bits per heavy atom. The number of furan rings is 1. The zero-order valence-electron chi connectivity index (χ0n) is 11.7. The van der Waals surface area contributed by atoms with Crippen LogP contribution in [0, 0.1) is 12.7 Å². The van der Waals surface area contributed by atoms with Gasteiger partial charge >= 0.3 is 0 Å². The van der Waals surface area contributed by atoms with Crippen molar-refractivity contribution in [2.24, 2.45) is 0 Å². The molecule has 3 aromatic rings. The van der Waals surface area contributed by atoms with Crippen LogP contribution in [0.3, 0.4) is 0 Å². The van der Waals surface area contributed by atoms with Crippen LogP contribution in [0.25, 0.3) is 11.5 Å². The molecule has 0 bridgehead atoms. The van der Waals surface area contributed by atoms with Crippen LogP contribution in [0.5, 0.6) is 0 Å². The second-order valence-electron chi connectivity index (χ2n) is 4.64. The molecule has 0 saturated carbocycles. The highest BCUT2D eigenvalue weighted by Gasteiger charge is 2.24. The predicted octanol–water partition coefficient (Wildman–Crippen LogP) is 3.95. The van der Waals surface area contributed by atoms with Crippen molar-refractivity contribution in [1.29, 1.82) is 0 Å². The van der Waals surface area contributed by atoms with Crippen molar-refractivity contribution in [3.63, 3.8) is 0 Å². The Morgan fingerprint density at radius 3 is 2.65 bits per heavy atom. The van der Waals surface area contributed by atoms with Crippen LogP contribution in [-0.4, -0.2) is 13.6 Å². The molecule has 0 saturated heterocycles. The molecular formula is C14H10BrFN2O4S. The van der Waals surface area contributed by atoms with Gasteiger partial charge in [-0.1, -0.05) is 21.1 Å². The Labute approximate surface area is 139 Å². The summed E-state index contributed by atoms with van der Waals surface area (Å²) in [5.41, 5.74) is -0.157. The fourth-order valence-electron chi connectivity index (χ4n) is 1.97. The van der Waals surface area contributed by atoms with E-state index in [1.165, 1.54) is 43.5 Å². The summed E-state index contributed by atoms with van der Waals surface area (Å²) >= 11 is 3.11. The highest BCUT2D eigenvalue weighted by molar-refractivity contribution is 9.10. The van der Waals surface area contributed by atoms with E-state index >= 15 is 0 Å². The fraction of sp³-hybridized carbons (Fsp3) is 0.0714. The van der Waals surface area contributed by atoms with Crippen LogP contribution in [0.1, 0.15) is 5.76 Å². The van der Waals surface area contributed by atoms with Crippen molar-refractivity contribution >= 4 is 31.6 Å². The van der Waals surface area contributed by atoms with E-state index in [4.69, 9.17) is 8.94 Å². The maximum atomic E-state index is 13.8. The van der Waals surface area contributed by atoms with E-state index in [1.807, 2.05) is 0 Å². The lowest BCUT2D eigenvalue weighted by Gasteiger charge is -2.08. The Balaban J connectivity index is 1.97. The van der Waals surface area contributed by atoms with Gasteiger partial charge in [-0.3, -0.25) is 4.72 Å². The van der Waals surface area contributed by atoms with Crippen molar-refractivity contribution in [2.75, 3.05) is 4.72 Å². The highest BCUT2D eigenvalue weighted by atomic mass is 79.9. The summed E-state index contributed by atoms with van der Waals surface area (Å²) < 4.78 is 51.7. The average molecular weight is 401 g/mol. The van der Waals surface area contributed by atoms with E-state index in [-0.39, 0.29) is 22.1 Å². The van der Waals surface area contributed by atoms with Gasteiger partial charge in [0, 0.05) is 16.6 Å². The van der Waals surface area contributed by atoms with Gasteiger partial charge in [-0.15, -0.1) is 0 Å². The lowest BCUT2D eigenvalue weighted by molar-refractivity contribution is 0.414. The smallest absolute Gasteiger partial charge is 0.265 e. The van der Waals surface area contributed by atoms with Crippen molar-refractivity contribution in [2.45, 2.75) is 11.8 Å². The molecule has 0 aliphatic heterocycles. The molecule has 120 valence electrons. The highest BCUT2D eigenvalue weighted by Crippen LogP contribution is 2.30. The Morgan fingerprint density at radius 2 is 2.00 bits per heavy atom. The Hall–Kier alpha value is -2.13. The van der Waals surface area contributed by atoms with Gasteiger partial charge in [-0.25, -0.2) is 12.8 Å². The molecule has 6 nitrogen and oxygen atoms in total. The molecule has 0 spiro atoms. The molecule has 0 atom stereocenters. The minimum absolute atomic E-state index is 0.105. The maximum absolute atomic E-state index is 13.8. The van der Waals surface area contributed by atoms with Gasteiger partial charge in [-0.05, 0) is 25.1 Å². The van der Waals surface area contributed by atoms with Gasteiger partial charge in [0.05, 0.1) is 11.9 Å². The van der Waals surface area contributed by atoms with E-state index in [9.17, 15) is 12.8 Å². The van der Waals surface area contributed by atoms with Crippen LogP contribution in [0.2, 0.25) is 0 Å². The third-order valence-corrected chi connectivity index (χ3v) is 4.98. The molecule has 23 heavy (non-hydrogen) atoms. The number of hydrogen-bond donors (Lipinski definition) is 1. The molecule has 9 heteroatoms. The van der Waals surface area contributed by atoms with Crippen molar-refractivity contribution in [3.05, 3.63) is 52.6 Å². The van der Waals surface area contributed by atoms with Crippen molar-refractivity contribution in [1.82, 2.24) is 5.16 Å². The third kappa shape index (κ3) is 3.15. The first-order valence-corrected chi connectivity index (χ1v) is 8.64. The number of nitrogens with one attached hydrogen (secondary N) is 1. The van der Waals surface area contributed by atoms with Gasteiger partial charge in [0.1, 0.15) is 16.5 Å². The first-order chi connectivity index (χ1) is 10.9.